The smallest absolute Gasteiger partial charge is 0.416 e. The van der Waals surface area contributed by atoms with Gasteiger partial charge in [0.1, 0.15) is 29.4 Å². The number of rotatable bonds is 6. The molecule has 0 aliphatic heterocycles. The number of ether oxygens (including phenoxy) is 1. The lowest BCUT2D eigenvalue weighted by Gasteiger charge is -2.50. The van der Waals surface area contributed by atoms with Gasteiger partial charge >= 0.3 is 6.18 Å². The number of aliphatic hydroxyl groups is 2. The van der Waals surface area contributed by atoms with Crippen molar-refractivity contribution in [1.82, 2.24) is 4.90 Å². The first-order chi connectivity index (χ1) is 22.2. The van der Waals surface area contributed by atoms with Crippen LogP contribution >= 0.6 is 9.90 Å². The summed E-state index contributed by atoms with van der Waals surface area (Å²) >= 11 is 0. The maximum absolute atomic E-state index is 14.3. The Balaban J connectivity index is 0.00000451. The largest absolute Gasteiger partial charge is 0.507 e. The third kappa shape index (κ3) is 5.47. The summed E-state index contributed by atoms with van der Waals surface area (Å²) < 4.78 is 45.8. The molecule has 0 heterocycles. The quantitative estimate of drug-likeness (QED) is 0.170. The topological polar surface area (TPSA) is 150 Å². The van der Waals surface area contributed by atoms with E-state index in [9.17, 15) is 42.9 Å². The molecule has 1 saturated carbocycles. The zero-order valence-corrected chi connectivity index (χ0v) is 27.5. The lowest BCUT2D eigenvalue weighted by Crippen LogP contribution is -2.67. The van der Waals surface area contributed by atoms with Crippen molar-refractivity contribution < 1.29 is 47.6 Å². The minimum absolute atomic E-state index is 0. The molecular formula is C35H34F3N2O7P. The van der Waals surface area contributed by atoms with Crippen molar-refractivity contribution in [3.05, 3.63) is 106 Å². The molecule has 5 N–H and O–H groups in total. The highest BCUT2D eigenvalue weighted by atomic mass is 31.0. The van der Waals surface area contributed by atoms with Gasteiger partial charge in [-0.25, -0.2) is 0 Å². The van der Waals surface area contributed by atoms with Gasteiger partial charge in [0.2, 0.25) is 11.6 Å². The van der Waals surface area contributed by atoms with Crippen molar-refractivity contribution in [2.45, 2.75) is 37.3 Å². The van der Waals surface area contributed by atoms with E-state index in [2.05, 4.69) is 0 Å². The van der Waals surface area contributed by atoms with Gasteiger partial charge < -0.3 is 25.8 Å². The van der Waals surface area contributed by atoms with Crippen LogP contribution in [-0.4, -0.2) is 63.4 Å². The van der Waals surface area contributed by atoms with E-state index < -0.39 is 69.8 Å². The number of hydrogen-bond acceptors (Lipinski definition) is 8. The number of carbonyl (C=O) groups is 3. The second kappa shape index (κ2) is 12.5. The van der Waals surface area contributed by atoms with E-state index >= 15 is 0 Å². The summed E-state index contributed by atoms with van der Waals surface area (Å²) in [5.41, 5.74) is 2.85. The average molecular weight is 683 g/mol. The first-order valence-corrected chi connectivity index (χ1v) is 14.8. The number of phenolic OH excluding ortho intramolecular Hbond substituents is 1. The molecule has 1 fully saturated rings. The number of phenols is 1. The first-order valence-electron chi connectivity index (χ1n) is 14.8. The molecule has 0 bridgehead atoms. The fourth-order valence-electron chi connectivity index (χ4n) is 7.22. The number of ketones is 2. The molecule has 3 aromatic carbocycles. The number of carbonyl (C=O) groups excluding carboxylic acids is 3. The van der Waals surface area contributed by atoms with Crippen LogP contribution in [0.15, 0.2) is 83.6 Å². The molecular weight excluding hydrogens is 648 g/mol. The number of benzene rings is 3. The van der Waals surface area contributed by atoms with Gasteiger partial charge in [0.15, 0.2) is 5.60 Å². The molecule has 1 unspecified atom stereocenters. The summed E-state index contributed by atoms with van der Waals surface area (Å²) in [6, 6.07) is 15.1. The van der Waals surface area contributed by atoms with E-state index in [4.69, 9.17) is 10.5 Å². The summed E-state index contributed by atoms with van der Waals surface area (Å²) in [7, 11) is 3.27. The number of hydrogen-bond donors (Lipinski definition) is 4. The number of Topliss-reactive ketones (excluding diaryl/α,β-unsaturated/α-hetero) is 2. The fourth-order valence-corrected chi connectivity index (χ4v) is 7.22. The van der Waals surface area contributed by atoms with Crippen LogP contribution in [-0.2, 0) is 38.3 Å². The van der Waals surface area contributed by atoms with Crippen LogP contribution in [0.1, 0.15) is 28.7 Å². The monoisotopic (exact) mass is 682 g/mol. The fraction of sp³-hybridized carbons (Fsp3) is 0.286. The van der Waals surface area contributed by atoms with Gasteiger partial charge in [0.05, 0.1) is 17.2 Å². The molecule has 0 aromatic heterocycles. The normalized spacial score (nSPS) is 23.7. The number of alkyl halides is 3. The van der Waals surface area contributed by atoms with E-state index in [1.807, 2.05) is 6.07 Å². The van der Waals surface area contributed by atoms with E-state index in [-0.39, 0.29) is 46.2 Å². The van der Waals surface area contributed by atoms with E-state index in [1.165, 1.54) is 24.3 Å². The molecule has 3 aliphatic carbocycles. The number of halogens is 3. The Kier molecular flexibility index (Phi) is 9.07. The number of likely N-dealkylation sites (N-methyl/N-ethyl adjacent to an activating group) is 1. The second-order valence-electron chi connectivity index (χ2n) is 12.3. The summed E-state index contributed by atoms with van der Waals surface area (Å²) in [5.74, 6) is -6.65. The molecule has 6 rings (SSSR count). The predicted octanol–water partition coefficient (Wildman–Crippen LogP) is 4.37. The van der Waals surface area contributed by atoms with Crippen molar-refractivity contribution in [1.29, 1.82) is 0 Å². The van der Waals surface area contributed by atoms with Gasteiger partial charge in [-0.3, -0.25) is 19.3 Å². The minimum Gasteiger partial charge on any atom is -0.507 e. The van der Waals surface area contributed by atoms with E-state index in [1.54, 1.807) is 43.3 Å². The Hall–Kier alpha value is -4.51. The van der Waals surface area contributed by atoms with Gasteiger partial charge in [-0.1, -0.05) is 48.5 Å². The van der Waals surface area contributed by atoms with Crippen LogP contribution in [0, 0.1) is 11.8 Å². The summed E-state index contributed by atoms with van der Waals surface area (Å²) in [6.07, 6.45) is -4.55. The van der Waals surface area contributed by atoms with Crippen molar-refractivity contribution in [3.63, 3.8) is 0 Å². The van der Waals surface area contributed by atoms with Gasteiger partial charge in [0, 0.05) is 11.5 Å². The summed E-state index contributed by atoms with van der Waals surface area (Å²) in [6.45, 7) is -0.0395. The van der Waals surface area contributed by atoms with Crippen LogP contribution in [0.5, 0.6) is 5.75 Å². The molecule has 0 spiro atoms. The second-order valence-corrected chi connectivity index (χ2v) is 12.3. The zero-order valence-electron chi connectivity index (χ0n) is 26.0. The van der Waals surface area contributed by atoms with Crippen LogP contribution in [0.4, 0.5) is 13.2 Å². The lowest BCUT2D eigenvalue weighted by molar-refractivity contribution is -0.162. The van der Waals surface area contributed by atoms with Crippen LogP contribution < -0.4 is 5.73 Å². The first kappa shape index (κ1) is 34.8. The SMILES string of the molecule is CN(C)[C@@H]1C(OCc2ccccc2)=C(C(N)=O)C(=O)[C@@]2(O)C(=O)C3=C(O)c4c(O)ccc(-c5ccc(C(F)(F)F)cc5)c4C[C@H]3C[C@@H]12.P. The Morgan fingerprint density at radius 1 is 1.00 bits per heavy atom. The van der Waals surface area contributed by atoms with E-state index in [0.29, 0.717) is 16.7 Å². The van der Waals surface area contributed by atoms with Gasteiger partial charge in [0.25, 0.3) is 5.91 Å². The van der Waals surface area contributed by atoms with Crippen molar-refractivity contribution >= 4 is 33.1 Å². The number of amides is 1. The Labute approximate surface area is 277 Å². The molecule has 0 saturated heterocycles. The Morgan fingerprint density at radius 3 is 2.23 bits per heavy atom. The van der Waals surface area contributed by atoms with Gasteiger partial charge in [-0.15, -0.1) is 0 Å². The lowest BCUT2D eigenvalue weighted by atomic mass is 9.57. The van der Waals surface area contributed by atoms with Crippen LogP contribution in [0.3, 0.4) is 0 Å². The number of nitrogens with two attached hydrogens (primary N) is 1. The molecule has 1 amide bonds. The van der Waals surface area contributed by atoms with Crippen LogP contribution in [0.25, 0.3) is 16.9 Å². The van der Waals surface area contributed by atoms with Crippen LogP contribution in [0.2, 0.25) is 0 Å². The van der Waals surface area contributed by atoms with E-state index in [0.717, 1.165) is 17.7 Å². The van der Waals surface area contributed by atoms with Crippen molar-refractivity contribution in [2.75, 3.05) is 14.1 Å². The van der Waals surface area contributed by atoms with Gasteiger partial charge in [-0.05, 0) is 73.3 Å². The number of primary amides is 1. The number of fused-ring (bicyclic) bond motifs is 3. The maximum Gasteiger partial charge on any atom is 0.416 e. The Bertz CT molecular complexity index is 1870. The minimum atomic E-state index is -4.55. The van der Waals surface area contributed by atoms with Crippen molar-refractivity contribution in [3.8, 4) is 16.9 Å². The van der Waals surface area contributed by atoms with Crippen molar-refractivity contribution in [2.24, 2.45) is 17.6 Å². The summed E-state index contributed by atoms with van der Waals surface area (Å²) in [4.78, 5) is 42.6. The number of nitrogens with zero attached hydrogens (tertiary/aromatic N) is 1. The highest BCUT2D eigenvalue weighted by Gasteiger charge is 2.65. The standard InChI is InChI=1S/C35H31F3N2O7.H3P/c1-40(2)28-23-15-19-14-22-21(18-8-10-20(11-9-18)35(36,37)38)12-13-24(41)26(22)29(42)25(19)31(43)34(23,46)32(44)27(33(39)45)30(28)47-16-17-6-4-3-5-7-17;/h3-13,19,23,28,41-42,46H,14-16H2,1-2H3,(H2,39,45);1H3/t19-,23-,28-,34-;/m0./s1. The molecule has 48 heavy (non-hydrogen) atoms. The molecule has 252 valence electrons. The highest BCUT2D eigenvalue weighted by molar-refractivity contribution is 6.92. The molecule has 13 heteroatoms. The number of aliphatic hydroxyl groups excluding tert-OH is 1. The third-order valence-electron chi connectivity index (χ3n) is 9.34. The number of aromatic hydroxyl groups is 1. The third-order valence-corrected chi connectivity index (χ3v) is 9.34. The van der Waals surface area contributed by atoms with Gasteiger partial charge in [-0.2, -0.15) is 23.1 Å². The predicted molar refractivity (Wildman–Crippen MR) is 174 cm³/mol. The molecule has 9 nitrogen and oxygen atoms in total. The Morgan fingerprint density at radius 2 is 1.65 bits per heavy atom. The highest BCUT2D eigenvalue weighted by Crippen LogP contribution is 2.53. The molecule has 5 atom stereocenters. The molecule has 3 aromatic rings. The molecule has 3 aliphatic rings. The maximum atomic E-state index is 14.3. The average Bonchev–Trinajstić information content (AvgIpc) is 3.01. The summed E-state index contributed by atoms with van der Waals surface area (Å²) in [5, 5.41) is 34.4. The molecule has 0 radical (unpaired) electrons. The zero-order chi connectivity index (χ0) is 34.0.